The summed E-state index contributed by atoms with van der Waals surface area (Å²) in [7, 11) is 0. The average molecular weight is 253 g/mol. The first kappa shape index (κ1) is 12.4. The third kappa shape index (κ3) is 3.74. The molecule has 2 atom stereocenters. The Balaban J connectivity index is 1.70. The van der Waals surface area contributed by atoms with E-state index in [0.29, 0.717) is 17.2 Å². The SMILES string of the molecule is CC1CC1CCCOC(=O)c1cccc(Cl)c1. The number of carbonyl (C=O) groups is 1. The molecule has 0 aliphatic heterocycles. The Morgan fingerprint density at radius 2 is 2.29 bits per heavy atom. The summed E-state index contributed by atoms with van der Waals surface area (Å²) in [6.07, 6.45) is 3.47. The molecule has 92 valence electrons. The van der Waals surface area contributed by atoms with Gasteiger partial charge < -0.3 is 4.74 Å². The number of hydrogen-bond donors (Lipinski definition) is 0. The minimum atomic E-state index is -0.281. The van der Waals surface area contributed by atoms with Crippen LogP contribution in [0.2, 0.25) is 5.02 Å². The van der Waals surface area contributed by atoms with Crippen LogP contribution in [0.15, 0.2) is 24.3 Å². The van der Waals surface area contributed by atoms with Gasteiger partial charge in [0.2, 0.25) is 0 Å². The minimum absolute atomic E-state index is 0.281. The van der Waals surface area contributed by atoms with Crippen LogP contribution in [0.3, 0.4) is 0 Å². The van der Waals surface area contributed by atoms with E-state index in [-0.39, 0.29) is 5.97 Å². The van der Waals surface area contributed by atoms with Crippen LogP contribution in [-0.4, -0.2) is 12.6 Å². The summed E-state index contributed by atoms with van der Waals surface area (Å²) in [6.45, 7) is 2.78. The van der Waals surface area contributed by atoms with Crippen LogP contribution in [0.1, 0.15) is 36.5 Å². The summed E-state index contributed by atoms with van der Waals surface area (Å²) in [6, 6.07) is 6.85. The van der Waals surface area contributed by atoms with Gasteiger partial charge in [-0.05, 0) is 49.3 Å². The first-order valence-electron chi connectivity index (χ1n) is 6.09. The van der Waals surface area contributed by atoms with E-state index in [9.17, 15) is 4.79 Å². The molecule has 1 aromatic rings. The molecule has 2 unspecified atom stereocenters. The molecule has 2 rings (SSSR count). The highest BCUT2D eigenvalue weighted by molar-refractivity contribution is 6.30. The Labute approximate surface area is 107 Å². The lowest BCUT2D eigenvalue weighted by Crippen LogP contribution is -2.06. The zero-order chi connectivity index (χ0) is 12.3. The standard InChI is InChI=1S/C14H17ClO2/c1-10-8-11(10)5-3-7-17-14(16)12-4-2-6-13(15)9-12/h2,4,6,9-11H,3,5,7-8H2,1H3. The van der Waals surface area contributed by atoms with Crippen LogP contribution in [0.4, 0.5) is 0 Å². The zero-order valence-corrected chi connectivity index (χ0v) is 10.7. The molecule has 1 aliphatic carbocycles. The smallest absolute Gasteiger partial charge is 0.338 e. The number of carbonyl (C=O) groups excluding carboxylic acids is 1. The molecular formula is C14H17ClO2. The Morgan fingerprint density at radius 1 is 1.53 bits per heavy atom. The molecule has 2 nitrogen and oxygen atoms in total. The molecule has 0 heterocycles. The van der Waals surface area contributed by atoms with Crippen molar-refractivity contribution < 1.29 is 9.53 Å². The third-order valence-corrected chi connectivity index (χ3v) is 3.52. The molecule has 0 N–H and O–H groups in total. The molecule has 0 spiro atoms. The molecule has 0 aromatic heterocycles. The van der Waals surface area contributed by atoms with Gasteiger partial charge in [0.15, 0.2) is 0 Å². The van der Waals surface area contributed by atoms with Crippen molar-refractivity contribution in [1.29, 1.82) is 0 Å². The van der Waals surface area contributed by atoms with Crippen LogP contribution in [0.25, 0.3) is 0 Å². The maximum atomic E-state index is 11.6. The van der Waals surface area contributed by atoms with Gasteiger partial charge in [0.05, 0.1) is 12.2 Å². The number of esters is 1. The second-order valence-electron chi connectivity index (χ2n) is 4.76. The average Bonchev–Trinajstić information content (AvgIpc) is 3.00. The van der Waals surface area contributed by atoms with Crippen molar-refractivity contribution in [1.82, 2.24) is 0 Å². The van der Waals surface area contributed by atoms with Gasteiger partial charge in [0.25, 0.3) is 0 Å². The lowest BCUT2D eigenvalue weighted by atomic mass is 10.2. The Morgan fingerprint density at radius 3 is 2.94 bits per heavy atom. The molecule has 1 fully saturated rings. The fourth-order valence-electron chi connectivity index (χ4n) is 2.01. The summed E-state index contributed by atoms with van der Waals surface area (Å²) in [5, 5.41) is 0.561. The van der Waals surface area contributed by atoms with Gasteiger partial charge in [-0.15, -0.1) is 0 Å². The lowest BCUT2D eigenvalue weighted by Gasteiger charge is -2.04. The number of ether oxygens (including phenoxy) is 1. The van der Waals surface area contributed by atoms with E-state index in [1.54, 1.807) is 24.3 Å². The third-order valence-electron chi connectivity index (χ3n) is 3.29. The first-order valence-corrected chi connectivity index (χ1v) is 6.47. The van der Waals surface area contributed by atoms with Crippen molar-refractivity contribution in [2.45, 2.75) is 26.2 Å². The molecule has 1 aromatic carbocycles. The maximum absolute atomic E-state index is 11.6. The van der Waals surface area contributed by atoms with E-state index in [2.05, 4.69) is 6.92 Å². The van der Waals surface area contributed by atoms with Crippen LogP contribution < -0.4 is 0 Å². The molecule has 0 radical (unpaired) electrons. The van der Waals surface area contributed by atoms with E-state index in [0.717, 1.165) is 18.3 Å². The lowest BCUT2D eigenvalue weighted by molar-refractivity contribution is 0.0496. The predicted octanol–water partition coefficient (Wildman–Crippen LogP) is 3.93. The van der Waals surface area contributed by atoms with Crippen molar-refractivity contribution in [3.05, 3.63) is 34.9 Å². The number of hydrogen-bond acceptors (Lipinski definition) is 2. The quantitative estimate of drug-likeness (QED) is 0.586. The fraction of sp³-hybridized carbons (Fsp3) is 0.500. The molecule has 3 heteroatoms. The minimum Gasteiger partial charge on any atom is -0.462 e. The van der Waals surface area contributed by atoms with Crippen molar-refractivity contribution >= 4 is 17.6 Å². The number of halogens is 1. The molecule has 17 heavy (non-hydrogen) atoms. The Kier molecular flexibility index (Phi) is 4.06. The largest absolute Gasteiger partial charge is 0.462 e. The second-order valence-corrected chi connectivity index (χ2v) is 5.20. The monoisotopic (exact) mass is 252 g/mol. The Hall–Kier alpha value is -1.02. The van der Waals surface area contributed by atoms with E-state index < -0.39 is 0 Å². The summed E-state index contributed by atoms with van der Waals surface area (Å²) in [4.78, 5) is 11.6. The van der Waals surface area contributed by atoms with Crippen LogP contribution in [0.5, 0.6) is 0 Å². The van der Waals surface area contributed by atoms with Crippen molar-refractivity contribution in [3.8, 4) is 0 Å². The van der Waals surface area contributed by atoms with Gasteiger partial charge >= 0.3 is 5.97 Å². The predicted molar refractivity (Wildman–Crippen MR) is 68.2 cm³/mol. The highest BCUT2D eigenvalue weighted by atomic mass is 35.5. The van der Waals surface area contributed by atoms with Crippen LogP contribution >= 0.6 is 11.6 Å². The highest BCUT2D eigenvalue weighted by Gasteiger charge is 2.31. The number of rotatable bonds is 5. The normalized spacial score (nSPS) is 22.2. The number of benzene rings is 1. The molecular weight excluding hydrogens is 236 g/mol. The van der Waals surface area contributed by atoms with Crippen LogP contribution in [0, 0.1) is 11.8 Å². The van der Waals surface area contributed by atoms with Gasteiger partial charge in [0, 0.05) is 5.02 Å². The molecule has 1 saturated carbocycles. The summed E-state index contributed by atoms with van der Waals surface area (Å²) < 4.78 is 5.20. The van der Waals surface area contributed by atoms with Crippen LogP contribution in [-0.2, 0) is 4.74 Å². The maximum Gasteiger partial charge on any atom is 0.338 e. The van der Waals surface area contributed by atoms with Crippen molar-refractivity contribution in [3.63, 3.8) is 0 Å². The van der Waals surface area contributed by atoms with Gasteiger partial charge in [-0.25, -0.2) is 4.79 Å². The molecule has 0 saturated heterocycles. The van der Waals surface area contributed by atoms with E-state index in [1.807, 2.05) is 0 Å². The first-order chi connectivity index (χ1) is 8.16. The summed E-state index contributed by atoms with van der Waals surface area (Å²) in [5.41, 5.74) is 0.525. The summed E-state index contributed by atoms with van der Waals surface area (Å²) >= 11 is 5.81. The van der Waals surface area contributed by atoms with E-state index in [4.69, 9.17) is 16.3 Å². The zero-order valence-electron chi connectivity index (χ0n) is 9.99. The van der Waals surface area contributed by atoms with E-state index >= 15 is 0 Å². The van der Waals surface area contributed by atoms with Gasteiger partial charge in [-0.1, -0.05) is 24.6 Å². The topological polar surface area (TPSA) is 26.3 Å². The van der Waals surface area contributed by atoms with Gasteiger partial charge in [-0.3, -0.25) is 0 Å². The second kappa shape index (κ2) is 5.54. The molecule has 0 amide bonds. The molecule has 0 bridgehead atoms. The molecule has 1 aliphatic rings. The van der Waals surface area contributed by atoms with Gasteiger partial charge in [-0.2, -0.15) is 0 Å². The Bertz CT molecular complexity index is 403. The van der Waals surface area contributed by atoms with Crippen molar-refractivity contribution in [2.75, 3.05) is 6.61 Å². The summed E-state index contributed by atoms with van der Waals surface area (Å²) in [5.74, 6) is 1.45. The van der Waals surface area contributed by atoms with E-state index in [1.165, 1.54) is 12.8 Å². The van der Waals surface area contributed by atoms with Gasteiger partial charge in [0.1, 0.15) is 0 Å². The fourth-order valence-corrected chi connectivity index (χ4v) is 2.20. The highest BCUT2D eigenvalue weighted by Crippen LogP contribution is 2.41. The van der Waals surface area contributed by atoms with Crippen molar-refractivity contribution in [2.24, 2.45) is 11.8 Å².